The van der Waals surface area contributed by atoms with Crippen molar-refractivity contribution in [3.05, 3.63) is 34.9 Å². The fraction of sp³-hybridized carbons (Fsp3) is 0.600. The molecule has 0 heterocycles. The first-order chi connectivity index (χ1) is 8.84. The van der Waals surface area contributed by atoms with Crippen LogP contribution in [0.15, 0.2) is 18.2 Å². The van der Waals surface area contributed by atoms with E-state index in [1.54, 1.807) is 6.92 Å². The molecular weight excluding hydrogens is 260 g/mol. The molecule has 19 heavy (non-hydrogen) atoms. The van der Waals surface area contributed by atoms with Gasteiger partial charge in [0, 0.05) is 5.75 Å². The van der Waals surface area contributed by atoms with Gasteiger partial charge in [0.05, 0.1) is 11.9 Å². The molecule has 1 atom stereocenters. The maximum absolute atomic E-state index is 11.3. The zero-order valence-electron chi connectivity index (χ0n) is 12.0. The summed E-state index contributed by atoms with van der Waals surface area (Å²) in [6.07, 6.45) is 1.19. The van der Waals surface area contributed by atoms with Gasteiger partial charge < -0.3 is 5.11 Å². The Bertz CT molecular complexity index is 506. The summed E-state index contributed by atoms with van der Waals surface area (Å²) < 4.78 is 22.7. The van der Waals surface area contributed by atoms with Crippen LogP contribution in [0.5, 0.6) is 0 Å². The van der Waals surface area contributed by atoms with Gasteiger partial charge in [0.25, 0.3) is 0 Å². The predicted molar refractivity (Wildman–Crippen MR) is 79.2 cm³/mol. The van der Waals surface area contributed by atoms with Gasteiger partial charge in [-0.05, 0) is 49.8 Å². The Morgan fingerprint density at radius 1 is 1.21 bits per heavy atom. The molecule has 1 aromatic carbocycles. The van der Waals surface area contributed by atoms with Gasteiger partial charge in [-0.1, -0.05) is 25.1 Å². The molecule has 1 N–H and O–H groups in total. The van der Waals surface area contributed by atoms with Crippen LogP contribution < -0.4 is 0 Å². The highest BCUT2D eigenvalue weighted by atomic mass is 32.2. The normalized spacial score (nSPS) is 13.5. The van der Waals surface area contributed by atoms with Crippen LogP contribution in [0.1, 0.15) is 36.5 Å². The topological polar surface area (TPSA) is 54.4 Å². The van der Waals surface area contributed by atoms with Gasteiger partial charge in [-0.15, -0.1) is 0 Å². The van der Waals surface area contributed by atoms with E-state index in [2.05, 4.69) is 26.0 Å². The largest absolute Gasteiger partial charge is 0.393 e. The first-order valence-corrected chi connectivity index (χ1v) is 8.61. The lowest BCUT2D eigenvalue weighted by atomic mass is 10.0. The molecule has 0 aliphatic carbocycles. The van der Waals surface area contributed by atoms with Crippen LogP contribution in [0, 0.1) is 13.8 Å². The van der Waals surface area contributed by atoms with Crippen molar-refractivity contribution < 1.29 is 13.5 Å². The molecule has 3 nitrogen and oxygen atoms in total. The van der Waals surface area contributed by atoms with Crippen LogP contribution in [0.2, 0.25) is 0 Å². The van der Waals surface area contributed by atoms with Crippen LogP contribution in [0.4, 0.5) is 0 Å². The van der Waals surface area contributed by atoms with Crippen molar-refractivity contribution in [3.8, 4) is 0 Å². The molecule has 0 spiro atoms. The molecule has 0 fully saturated rings. The molecule has 0 bridgehead atoms. The van der Waals surface area contributed by atoms with Crippen LogP contribution >= 0.6 is 0 Å². The standard InChI is InChI=1S/C15H24O3S/c1-4-19(17,18)9-5-6-15(16)11-14-8-7-12(2)13(3)10-14/h7-8,10,15-16H,4-6,9,11H2,1-3H3. The van der Waals surface area contributed by atoms with E-state index < -0.39 is 15.9 Å². The number of rotatable bonds is 7. The van der Waals surface area contributed by atoms with E-state index in [0.29, 0.717) is 19.3 Å². The van der Waals surface area contributed by atoms with E-state index in [0.717, 1.165) is 5.56 Å². The lowest BCUT2D eigenvalue weighted by molar-refractivity contribution is 0.164. The van der Waals surface area contributed by atoms with Crippen LogP contribution in [-0.4, -0.2) is 31.1 Å². The molecule has 108 valence electrons. The van der Waals surface area contributed by atoms with Crippen molar-refractivity contribution in [2.45, 2.75) is 46.1 Å². The third-order valence-electron chi connectivity index (χ3n) is 3.48. The van der Waals surface area contributed by atoms with Gasteiger partial charge in [0.15, 0.2) is 0 Å². The minimum atomic E-state index is -2.91. The smallest absolute Gasteiger partial charge is 0.150 e. The van der Waals surface area contributed by atoms with Gasteiger partial charge in [0.2, 0.25) is 0 Å². The Labute approximate surface area is 116 Å². The summed E-state index contributed by atoms with van der Waals surface area (Å²) in [4.78, 5) is 0. The van der Waals surface area contributed by atoms with E-state index in [1.807, 2.05) is 6.07 Å². The quantitative estimate of drug-likeness (QED) is 0.836. The molecule has 0 saturated carbocycles. The minimum absolute atomic E-state index is 0.174. The fourth-order valence-electron chi connectivity index (χ4n) is 1.99. The van der Waals surface area contributed by atoms with Gasteiger partial charge in [-0.2, -0.15) is 0 Å². The van der Waals surface area contributed by atoms with Crippen LogP contribution in [0.25, 0.3) is 0 Å². The number of aryl methyl sites for hydroxylation is 2. The molecule has 0 radical (unpaired) electrons. The summed E-state index contributed by atoms with van der Waals surface area (Å²) in [5.74, 6) is 0.355. The number of hydrogen-bond donors (Lipinski definition) is 1. The van der Waals surface area contributed by atoms with E-state index in [4.69, 9.17) is 0 Å². The van der Waals surface area contributed by atoms with Crippen LogP contribution in [0.3, 0.4) is 0 Å². The van der Waals surface area contributed by atoms with Gasteiger partial charge in [-0.25, -0.2) is 8.42 Å². The Kier molecular flexibility index (Phi) is 6.01. The Balaban J connectivity index is 2.43. The zero-order chi connectivity index (χ0) is 14.5. The zero-order valence-corrected chi connectivity index (χ0v) is 12.8. The molecule has 4 heteroatoms. The van der Waals surface area contributed by atoms with Crippen LogP contribution in [-0.2, 0) is 16.3 Å². The van der Waals surface area contributed by atoms with Crippen molar-refractivity contribution in [3.63, 3.8) is 0 Å². The highest BCUT2D eigenvalue weighted by Gasteiger charge is 2.11. The molecule has 0 amide bonds. The molecule has 0 saturated heterocycles. The van der Waals surface area contributed by atoms with Crippen molar-refractivity contribution >= 4 is 9.84 Å². The number of sulfone groups is 1. The number of benzene rings is 1. The van der Waals surface area contributed by atoms with Crippen molar-refractivity contribution in [1.29, 1.82) is 0 Å². The molecule has 1 unspecified atom stereocenters. The Morgan fingerprint density at radius 2 is 1.89 bits per heavy atom. The second-order valence-corrected chi connectivity index (χ2v) is 7.63. The third kappa shape index (κ3) is 5.74. The van der Waals surface area contributed by atoms with Crippen molar-refractivity contribution in [1.82, 2.24) is 0 Å². The highest BCUT2D eigenvalue weighted by Crippen LogP contribution is 2.13. The summed E-state index contributed by atoms with van der Waals surface area (Å²) in [5.41, 5.74) is 3.57. The Hall–Kier alpha value is -0.870. The number of aliphatic hydroxyl groups is 1. The molecule has 1 aromatic rings. The second-order valence-electron chi connectivity index (χ2n) is 5.16. The van der Waals surface area contributed by atoms with Gasteiger partial charge in [-0.3, -0.25) is 0 Å². The van der Waals surface area contributed by atoms with Gasteiger partial charge >= 0.3 is 0 Å². The molecular formula is C15H24O3S. The van der Waals surface area contributed by atoms with Gasteiger partial charge in [0.1, 0.15) is 9.84 Å². The van der Waals surface area contributed by atoms with E-state index in [-0.39, 0.29) is 11.5 Å². The lowest BCUT2D eigenvalue weighted by Crippen LogP contribution is -2.14. The summed E-state index contributed by atoms with van der Waals surface area (Å²) in [7, 11) is -2.91. The maximum atomic E-state index is 11.3. The van der Waals surface area contributed by atoms with Crippen molar-refractivity contribution in [2.24, 2.45) is 0 Å². The van der Waals surface area contributed by atoms with Crippen molar-refractivity contribution in [2.75, 3.05) is 11.5 Å². The number of aliphatic hydroxyl groups excluding tert-OH is 1. The summed E-state index contributed by atoms with van der Waals surface area (Å²) in [5, 5.41) is 9.94. The first-order valence-electron chi connectivity index (χ1n) is 6.78. The monoisotopic (exact) mass is 284 g/mol. The molecule has 0 aromatic heterocycles. The lowest BCUT2D eigenvalue weighted by Gasteiger charge is -2.11. The average Bonchev–Trinajstić information content (AvgIpc) is 2.33. The highest BCUT2D eigenvalue weighted by molar-refractivity contribution is 7.91. The summed E-state index contributed by atoms with van der Waals surface area (Å²) >= 11 is 0. The minimum Gasteiger partial charge on any atom is -0.393 e. The SMILES string of the molecule is CCS(=O)(=O)CCCC(O)Cc1ccc(C)c(C)c1. The molecule has 1 rings (SSSR count). The fourth-order valence-corrected chi connectivity index (χ4v) is 2.88. The summed E-state index contributed by atoms with van der Waals surface area (Å²) in [6.45, 7) is 5.77. The summed E-state index contributed by atoms with van der Waals surface area (Å²) in [6, 6.07) is 6.16. The molecule has 0 aliphatic heterocycles. The molecule has 0 aliphatic rings. The van der Waals surface area contributed by atoms with E-state index >= 15 is 0 Å². The predicted octanol–water partition coefficient (Wildman–Crippen LogP) is 2.42. The number of hydrogen-bond acceptors (Lipinski definition) is 3. The van der Waals surface area contributed by atoms with E-state index in [9.17, 15) is 13.5 Å². The van der Waals surface area contributed by atoms with E-state index in [1.165, 1.54) is 11.1 Å². The first kappa shape index (κ1) is 16.2. The Morgan fingerprint density at radius 3 is 2.47 bits per heavy atom. The average molecular weight is 284 g/mol. The third-order valence-corrected chi connectivity index (χ3v) is 5.27. The second kappa shape index (κ2) is 7.06. The maximum Gasteiger partial charge on any atom is 0.150 e.